The molecule has 0 bridgehead atoms. The Labute approximate surface area is 118 Å². The second-order valence-corrected chi connectivity index (χ2v) is 5.21. The summed E-state index contributed by atoms with van der Waals surface area (Å²) in [7, 11) is 3.37. The molecule has 1 aromatic rings. The fraction of sp³-hybridized carbons (Fsp3) is 0.571. The van der Waals surface area contributed by atoms with Crippen molar-refractivity contribution in [3.05, 3.63) is 22.2 Å². The molecular weight excluding hydrogens is 294 g/mol. The predicted molar refractivity (Wildman–Crippen MR) is 78.7 cm³/mol. The fourth-order valence-corrected chi connectivity index (χ4v) is 2.36. The van der Waals surface area contributed by atoms with Crippen molar-refractivity contribution in [2.75, 3.05) is 20.8 Å². The van der Waals surface area contributed by atoms with E-state index in [0.29, 0.717) is 6.04 Å². The third-order valence-electron chi connectivity index (χ3n) is 2.82. The number of halogens is 1. The zero-order chi connectivity index (χ0) is 13.5. The Kier molecular flexibility index (Phi) is 6.50. The largest absolute Gasteiger partial charge is 0.496 e. The van der Waals surface area contributed by atoms with Crippen LogP contribution in [-0.4, -0.2) is 26.8 Å². The lowest BCUT2D eigenvalue weighted by Crippen LogP contribution is -2.28. The molecule has 102 valence electrons. The maximum Gasteiger partial charge on any atom is 0.133 e. The molecule has 0 unspecified atom stereocenters. The van der Waals surface area contributed by atoms with E-state index in [1.54, 1.807) is 14.2 Å². The van der Waals surface area contributed by atoms with Gasteiger partial charge in [-0.05, 0) is 59.9 Å². The zero-order valence-electron chi connectivity index (χ0n) is 11.5. The van der Waals surface area contributed by atoms with Crippen molar-refractivity contribution in [1.82, 2.24) is 5.32 Å². The maximum absolute atomic E-state index is 5.42. The van der Waals surface area contributed by atoms with Gasteiger partial charge >= 0.3 is 0 Å². The first kappa shape index (κ1) is 15.3. The highest BCUT2D eigenvalue weighted by Crippen LogP contribution is 2.33. The molecule has 1 N–H and O–H groups in total. The van der Waals surface area contributed by atoms with Crippen LogP contribution in [0, 0.1) is 0 Å². The first-order valence-corrected chi connectivity index (χ1v) is 7.05. The molecule has 0 fully saturated rings. The topological polar surface area (TPSA) is 30.5 Å². The Morgan fingerprint density at radius 2 is 1.89 bits per heavy atom. The number of hydrogen-bond acceptors (Lipinski definition) is 3. The molecule has 0 amide bonds. The van der Waals surface area contributed by atoms with Crippen molar-refractivity contribution in [2.45, 2.75) is 32.7 Å². The van der Waals surface area contributed by atoms with Gasteiger partial charge in [0, 0.05) is 6.04 Å². The molecule has 0 heterocycles. The molecule has 0 aliphatic rings. The van der Waals surface area contributed by atoms with Crippen LogP contribution in [0.3, 0.4) is 0 Å². The Morgan fingerprint density at radius 1 is 1.22 bits per heavy atom. The number of benzene rings is 1. The predicted octanol–water partition coefficient (Wildman–Crippen LogP) is 3.40. The van der Waals surface area contributed by atoms with Crippen molar-refractivity contribution in [2.24, 2.45) is 0 Å². The summed E-state index contributed by atoms with van der Waals surface area (Å²) in [5.41, 5.74) is 1.16. The first-order valence-electron chi connectivity index (χ1n) is 6.26. The van der Waals surface area contributed by atoms with E-state index in [9.17, 15) is 0 Å². The summed E-state index contributed by atoms with van der Waals surface area (Å²) in [5.74, 6) is 1.74. The van der Waals surface area contributed by atoms with Gasteiger partial charge in [-0.2, -0.15) is 0 Å². The summed E-state index contributed by atoms with van der Waals surface area (Å²) in [6.07, 6.45) is 2.07. The van der Waals surface area contributed by atoms with E-state index < -0.39 is 0 Å². The van der Waals surface area contributed by atoms with Gasteiger partial charge in [0.1, 0.15) is 11.5 Å². The monoisotopic (exact) mass is 315 g/mol. The Morgan fingerprint density at radius 3 is 2.44 bits per heavy atom. The Bertz CT molecular complexity index is 382. The minimum absolute atomic E-state index is 0.421. The molecule has 0 aliphatic carbocycles. The lowest BCUT2D eigenvalue weighted by molar-refractivity contribution is 0.394. The van der Waals surface area contributed by atoms with Gasteiger partial charge < -0.3 is 14.8 Å². The highest BCUT2D eigenvalue weighted by Gasteiger charge is 2.12. The van der Waals surface area contributed by atoms with E-state index in [1.807, 2.05) is 12.1 Å². The quantitative estimate of drug-likeness (QED) is 0.836. The third kappa shape index (κ3) is 4.18. The van der Waals surface area contributed by atoms with Gasteiger partial charge in [-0.1, -0.05) is 6.92 Å². The van der Waals surface area contributed by atoms with E-state index in [0.717, 1.165) is 40.9 Å². The number of methoxy groups -OCH3 is 2. The van der Waals surface area contributed by atoms with Crippen LogP contribution in [0.2, 0.25) is 0 Å². The van der Waals surface area contributed by atoms with Gasteiger partial charge in [0.05, 0.1) is 18.7 Å². The van der Waals surface area contributed by atoms with Crippen molar-refractivity contribution in [3.63, 3.8) is 0 Å². The molecule has 1 rings (SSSR count). The first-order chi connectivity index (χ1) is 8.62. The molecule has 0 saturated carbocycles. The molecule has 0 saturated heterocycles. The summed E-state index contributed by atoms with van der Waals surface area (Å²) in [5, 5.41) is 3.48. The molecule has 0 radical (unpaired) electrons. The van der Waals surface area contributed by atoms with E-state index >= 15 is 0 Å². The highest BCUT2D eigenvalue weighted by atomic mass is 79.9. The van der Waals surface area contributed by atoms with Crippen molar-refractivity contribution in [1.29, 1.82) is 0 Å². The van der Waals surface area contributed by atoms with Gasteiger partial charge in [0.2, 0.25) is 0 Å². The average Bonchev–Trinajstić information content (AvgIpc) is 2.37. The van der Waals surface area contributed by atoms with Crippen molar-refractivity contribution >= 4 is 15.9 Å². The Balaban J connectivity index is 2.85. The third-order valence-corrected chi connectivity index (χ3v) is 3.44. The summed E-state index contributed by atoms with van der Waals surface area (Å²) in [6, 6.07) is 4.41. The van der Waals surface area contributed by atoms with Crippen LogP contribution in [0.5, 0.6) is 11.5 Å². The van der Waals surface area contributed by atoms with Gasteiger partial charge in [-0.15, -0.1) is 0 Å². The summed E-state index contributed by atoms with van der Waals surface area (Å²) >= 11 is 3.47. The molecule has 3 nitrogen and oxygen atoms in total. The molecular formula is C14H22BrNO2. The van der Waals surface area contributed by atoms with Crippen molar-refractivity contribution < 1.29 is 9.47 Å². The van der Waals surface area contributed by atoms with Crippen molar-refractivity contribution in [3.8, 4) is 11.5 Å². The molecule has 1 aromatic carbocycles. The SMILES string of the molecule is CCCN[C@H](C)Cc1cc(OC)c(Br)cc1OC. The lowest BCUT2D eigenvalue weighted by Gasteiger charge is -2.17. The summed E-state index contributed by atoms with van der Waals surface area (Å²) in [6.45, 7) is 5.39. The molecule has 1 atom stereocenters. The fourth-order valence-electron chi connectivity index (χ4n) is 1.88. The second-order valence-electron chi connectivity index (χ2n) is 4.36. The van der Waals surface area contributed by atoms with E-state index in [-0.39, 0.29) is 0 Å². The normalized spacial score (nSPS) is 12.3. The van der Waals surface area contributed by atoms with Gasteiger partial charge in [-0.3, -0.25) is 0 Å². The molecule has 0 aromatic heterocycles. The number of hydrogen-bond donors (Lipinski definition) is 1. The van der Waals surface area contributed by atoms with Crippen LogP contribution < -0.4 is 14.8 Å². The second kappa shape index (κ2) is 7.64. The standard InChI is InChI=1S/C14H22BrNO2/c1-5-6-16-10(2)7-11-8-14(18-4)12(15)9-13(11)17-3/h8-10,16H,5-7H2,1-4H3/t10-/m1/s1. The van der Waals surface area contributed by atoms with Crippen LogP contribution in [0.4, 0.5) is 0 Å². The number of nitrogens with one attached hydrogen (secondary N) is 1. The van der Waals surface area contributed by atoms with Gasteiger partial charge in [0.25, 0.3) is 0 Å². The summed E-state index contributed by atoms with van der Waals surface area (Å²) < 4.78 is 11.7. The average molecular weight is 316 g/mol. The molecule has 0 spiro atoms. The molecule has 18 heavy (non-hydrogen) atoms. The number of ether oxygens (including phenoxy) is 2. The minimum Gasteiger partial charge on any atom is -0.496 e. The van der Waals surface area contributed by atoms with E-state index in [4.69, 9.17) is 9.47 Å². The van der Waals surface area contributed by atoms with Gasteiger partial charge in [-0.25, -0.2) is 0 Å². The summed E-state index contributed by atoms with van der Waals surface area (Å²) in [4.78, 5) is 0. The highest BCUT2D eigenvalue weighted by molar-refractivity contribution is 9.10. The Hall–Kier alpha value is -0.740. The van der Waals surface area contributed by atoms with Crippen LogP contribution in [0.25, 0.3) is 0 Å². The molecule has 0 aliphatic heterocycles. The minimum atomic E-state index is 0.421. The molecule has 4 heteroatoms. The van der Waals surface area contributed by atoms with Crippen LogP contribution >= 0.6 is 15.9 Å². The zero-order valence-corrected chi connectivity index (χ0v) is 13.1. The smallest absolute Gasteiger partial charge is 0.133 e. The lowest BCUT2D eigenvalue weighted by atomic mass is 10.1. The van der Waals surface area contributed by atoms with Crippen LogP contribution in [-0.2, 0) is 6.42 Å². The van der Waals surface area contributed by atoms with E-state index in [2.05, 4.69) is 35.1 Å². The number of rotatable bonds is 7. The van der Waals surface area contributed by atoms with Crippen LogP contribution in [0.15, 0.2) is 16.6 Å². The van der Waals surface area contributed by atoms with Gasteiger partial charge in [0.15, 0.2) is 0 Å². The van der Waals surface area contributed by atoms with E-state index in [1.165, 1.54) is 0 Å². The maximum atomic E-state index is 5.42. The van der Waals surface area contributed by atoms with Crippen LogP contribution in [0.1, 0.15) is 25.8 Å².